The van der Waals surface area contributed by atoms with E-state index in [2.05, 4.69) is 22.0 Å². The minimum Gasteiger partial charge on any atom is -0.371 e. The molecule has 4 nitrogen and oxygen atoms in total. The Morgan fingerprint density at radius 3 is 2.82 bits per heavy atom. The smallest absolute Gasteiger partial charge is 0.219 e. The zero-order valence-electron chi connectivity index (χ0n) is 13.1. The Bertz CT molecular complexity index is 674. The Balaban J connectivity index is 1.70. The zero-order chi connectivity index (χ0) is 15.7. The van der Waals surface area contributed by atoms with E-state index in [1.54, 1.807) is 6.92 Å². The first kappa shape index (κ1) is 15.2. The minimum atomic E-state index is 0.145. The average Bonchev–Trinajstić information content (AvgIpc) is 2.95. The third-order valence-electron chi connectivity index (χ3n) is 4.64. The highest BCUT2D eigenvalue weighted by molar-refractivity contribution is 6.31. The van der Waals surface area contributed by atoms with Gasteiger partial charge in [-0.15, -0.1) is 0 Å². The summed E-state index contributed by atoms with van der Waals surface area (Å²) in [5, 5.41) is 1.99. The molecule has 1 saturated heterocycles. The molecule has 0 saturated carbocycles. The second kappa shape index (κ2) is 6.21. The van der Waals surface area contributed by atoms with Gasteiger partial charge in [0.15, 0.2) is 0 Å². The van der Waals surface area contributed by atoms with Crippen LogP contribution in [0.3, 0.4) is 0 Å². The predicted molar refractivity (Wildman–Crippen MR) is 91.6 cm³/mol. The Hall–Kier alpha value is -1.68. The van der Waals surface area contributed by atoms with Crippen LogP contribution in [0.5, 0.6) is 0 Å². The molecule has 0 bridgehead atoms. The van der Waals surface area contributed by atoms with Crippen LogP contribution in [0, 0.1) is 5.92 Å². The number of anilines is 1. The van der Waals surface area contributed by atoms with Crippen molar-refractivity contribution >= 4 is 34.1 Å². The van der Waals surface area contributed by atoms with Crippen molar-refractivity contribution in [2.75, 3.05) is 31.6 Å². The molecule has 1 N–H and O–H groups in total. The number of piperidine rings is 1. The van der Waals surface area contributed by atoms with Crippen LogP contribution in [0.4, 0.5) is 5.69 Å². The summed E-state index contributed by atoms with van der Waals surface area (Å²) in [6.07, 6.45) is 4.17. The summed E-state index contributed by atoms with van der Waals surface area (Å²) in [5.41, 5.74) is 2.29. The van der Waals surface area contributed by atoms with E-state index in [-0.39, 0.29) is 5.91 Å². The molecule has 1 fully saturated rings. The number of hydrogen-bond donors (Lipinski definition) is 1. The van der Waals surface area contributed by atoms with Gasteiger partial charge >= 0.3 is 0 Å². The fourth-order valence-corrected chi connectivity index (χ4v) is 3.46. The molecule has 5 heteroatoms. The summed E-state index contributed by atoms with van der Waals surface area (Å²) < 4.78 is 0. The van der Waals surface area contributed by atoms with Crippen LogP contribution in [0.25, 0.3) is 10.9 Å². The third kappa shape index (κ3) is 3.07. The van der Waals surface area contributed by atoms with Crippen molar-refractivity contribution in [1.82, 2.24) is 9.88 Å². The molecule has 1 amide bonds. The highest BCUT2D eigenvalue weighted by Gasteiger charge is 2.22. The lowest BCUT2D eigenvalue weighted by atomic mass is 9.95. The molecule has 1 aliphatic rings. The van der Waals surface area contributed by atoms with Crippen LogP contribution in [-0.4, -0.2) is 42.5 Å². The number of carbonyl (C=O) groups excluding carboxylic acids is 1. The molecule has 0 aliphatic carbocycles. The molecule has 0 radical (unpaired) electrons. The normalized spacial score (nSPS) is 16.2. The Morgan fingerprint density at radius 2 is 2.14 bits per heavy atom. The molecular formula is C17H22ClN3O. The van der Waals surface area contributed by atoms with Gasteiger partial charge in [-0.2, -0.15) is 0 Å². The molecule has 1 aromatic heterocycles. The number of aromatic nitrogens is 1. The molecule has 0 unspecified atom stereocenters. The van der Waals surface area contributed by atoms with Gasteiger partial charge in [-0.05, 0) is 37.0 Å². The van der Waals surface area contributed by atoms with Gasteiger partial charge < -0.3 is 14.8 Å². The van der Waals surface area contributed by atoms with E-state index in [1.807, 2.05) is 24.2 Å². The van der Waals surface area contributed by atoms with E-state index < -0.39 is 0 Å². The quantitative estimate of drug-likeness (QED) is 0.940. The monoisotopic (exact) mass is 319 g/mol. The highest BCUT2D eigenvalue weighted by Crippen LogP contribution is 2.33. The molecular weight excluding hydrogens is 298 g/mol. The maximum absolute atomic E-state index is 11.4. The maximum Gasteiger partial charge on any atom is 0.219 e. The van der Waals surface area contributed by atoms with E-state index >= 15 is 0 Å². The summed E-state index contributed by atoms with van der Waals surface area (Å²) >= 11 is 6.24. The number of benzene rings is 1. The Kier molecular flexibility index (Phi) is 4.30. The van der Waals surface area contributed by atoms with Gasteiger partial charge in [-0.1, -0.05) is 11.6 Å². The lowest BCUT2D eigenvalue weighted by Crippen LogP contribution is -2.39. The van der Waals surface area contributed by atoms with Crippen LogP contribution in [0.15, 0.2) is 24.4 Å². The topological polar surface area (TPSA) is 39.3 Å². The van der Waals surface area contributed by atoms with Crippen molar-refractivity contribution in [3.05, 3.63) is 29.4 Å². The largest absolute Gasteiger partial charge is 0.371 e. The number of amides is 1. The van der Waals surface area contributed by atoms with E-state index in [4.69, 9.17) is 11.6 Å². The summed E-state index contributed by atoms with van der Waals surface area (Å²) in [5.74, 6) is 0.734. The molecule has 2 aromatic rings. The zero-order valence-corrected chi connectivity index (χ0v) is 13.9. The number of rotatable bonds is 3. The molecule has 2 heterocycles. The van der Waals surface area contributed by atoms with Crippen molar-refractivity contribution in [1.29, 1.82) is 0 Å². The number of halogens is 1. The van der Waals surface area contributed by atoms with Gasteiger partial charge in [0.25, 0.3) is 0 Å². The van der Waals surface area contributed by atoms with Crippen LogP contribution < -0.4 is 4.90 Å². The van der Waals surface area contributed by atoms with Gasteiger partial charge in [0, 0.05) is 61.4 Å². The average molecular weight is 320 g/mol. The number of fused-ring (bicyclic) bond motifs is 1. The van der Waals surface area contributed by atoms with Gasteiger partial charge in [-0.25, -0.2) is 0 Å². The number of H-pyrrole nitrogens is 1. The highest BCUT2D eigenvalue weighted by atomic mass is 35.5. The Morgan fingerprint density at radius 1 is 1.41 bits per heavy atom. The van der Waals surface area contributed by atoms with Crippen LogP contribution in [0.2, 0.25) is 5.02 Å². The standard InChI is InChI=1S/C17H22ClN3O/c1-12(22)20(2)11-13-4-7-21(8-5-13)17-10-14(18)9-16-15(17)3-6-19-16/h3,6,9-10,13,19H,4-5,7-8,11H2,1-2H3. The summed E-state index contributed by atoms with van der Waals surface area (Å²) in [6.45, 7) is 4.51. The maximum atomic E-state index is 11.4. The number of nitrogens with zero attached hydrogens (tertiary/aromatic N) is 2. The molecule has 3 rings (SSSR count). The van der Waals surface area contributed by atoms with Crippen molar-refractivity contribution in [3.8, 4) is 0 Å². The number of nitrogens with one attached hydrogen (secondary N) is 1. The lowest BCUT2D eigenvalue weighted by molar-refractivity contribution is -0.128. The second-order valence-corrected chi connectivity index (χ2v) is 6.63. The number of carbonyl (C=O) groups is 1. The molecule has 0 spiro atoms. The van der Waals surface area contributed by atoms with Crippen molar-refractivity contribution < 1.29 is 4.79 Å². The van der Waals surface area contributed by atoms with Gasteiger partial charge in [0.2, 0.25) is 5.91 Å². The van der Waals surface area contributed by atoms with E-state index in [1.165, 1.54) is 11.1 Å². The van der Waals surface area contributed by atoms with E-state index in [0.717, 1.165) is 43.0 Å². The fourth-order valence-electron chi connectivity index (χ4n) is 3.25. The Labute approximate surface area is 136 Å². The first-order valence-corrected chi connectivity index (χ1v) is 8.15. The lowest BCUT2D eigenvalue weighted by Gasteiger charge is -2.35. The summed E-state index contributed by atoms with van der Waals surface area (Å²) in [7, 11) is 1.88. The molecule has 118 valence electrons. The van der Waals surface area contributed by atoms with E-state index in [9.17, 15) is 4.79 Å². The van der Waals surface area contributed by atoms with Crippen molar-refractivity contribution in [3.63, 3.8) is 0 Å². The van der Waals surface area contributed by atoms with Gasteiger partial charge in [0.05, 0.1) is 0 Å². The second-order valence-electron chi connectivity index (χ2n) is 6.19. The summed E-state index contributed by atoms with van der Waals surface area (Å²) in [6, 6.07) is 6.13. The van der Waals surface area contributed by atoms with Gasteiger partial charge in [0.1, 0.15) is 0 Å². The summed E-state index contributed by atoms with van der Waals surface area (Å²) in [4.78, 5) is 18.8. The van der Waals surface area contributed by atoms with Crippen LogP contribution in [-0.2, 0) is 4.79 Å². The van der Waals surface area contributed by atoms with E-state index in [0.29, 0.717) is 5.92 Å². The van der Waals surface area contributed by atoms with Crippen LogP contribution >= 0.6 is 11.6 Å². The first-order chi connectivity index (χ1) is 10.5. The predicted octanol–water partition coefficient (Wildman–Crippen LogP) is 3.52. The molecule has 0 atom stereocenters. The third-order valence-corrected chi connectivity index (χ3v) is 4.85. The number of hydrogen-bond acceptors (Lipinski definition) is 2. The minimum absolute atomic E-state index is 0.145. The molecule has 22 heavy (non-hydrogen) atoms. The van der Waals surface area contributed by atoms with Crippen molar-refractivity contribution in [2.24, 2.45) is 5.92 Å². The van der Waals surface area contributed by atoms with Crippen molar-refractivity contribution in [2.45, 2.75) is 19.8 Å². The molecule has 1 aliphatic heterocycles. The van der Waals surface area contributed by atoms with Gasteiger partial charge in [-0.3, -0.25) is 4.79 Å². The fraction of sp³-hybridized carbons (Fsp3) is 0.471. The molecule has 1 aromatic carbocycles. The van der Waals surface area contributed by atoms with Crippen LogP contribution in [0.1, 0.15) is 19.8 Å². The first-order valence-electron chi connectivity index (χ1n) is 7.78. The SMILES string of the molecule is CC(=O)N(C)CC1CCN(c2cc(Cl)cc3[nH]ccc23)CC1. The number of aromatic amines is 1.